The van der Waals surface area contributed by atoms with E-state index in [-0.39, 0.29) is 6.54 Å². The molecule has 2 heterocycles. The molecule has 0 unspecified atom stereocenters. The Balaban J connectivity index is 2.24. The number of hydrogen-bond acceptors (Lipinski definition) is 2. The molecule has 0 amide bonds. The molecule has 1 aromatic carbocycles. The van der Waals surface area contributed by atoms with E-state index < -0.39 is 11.7 Å². The minimum atomic E-state index is -4.43. The number of fused-ring (bicyclic) bond motifs is 1. The zero-order chi connectivity index (χ0) is 17.5. The number of nitrogens with zero attached hydrogens (tertiary/aromatic N) is 2. The zero-order valence-corrected chi connectivity index (χ0v) is 13.8. The number of benzene rings is 1. The third-order valence-electron chi connectivity index (χ3n) is 3.62. The van der Waals surface area contributed by atoms with Gasteiger partial charge < -0.3 is 10.1 Å². The predicted octanol–water partition coefficient (Wildman–Crippen LogP) is 4.83. The monoisotopic (exact) mass is 373 g/mol. The summed E-state index contributed by atoms with van der Waals surface area (Å²) in [5.74, 6) is 0. The van der Waals surface area contributed by atoms with Gasteiger partial charge in [0.15, 0.2) is 0 Å². The highest BCUT2D eigenvalue weighted by molar-refractivity contribution is 6.42. The van der Waals surface area contributed by atoms with Crippen LogP contribution in [0.4, 0.5) is 13.2 Å². The largest absolute Gasteiger partial charge is 0.417 e. The first-order valence-electron chi connectivity index (χ1n) is 7.05. The van der Waals surface area contributed by atoms with Crippen LogP contribution in [0.15, 0.2) is 36.5 Å². The third kappa shape index (κ3) is 3.09. The van der Waals surface area contributed by atoms with Crippen molar-refractivity contribution in [2.45, 2.75) is 12.6 Å². The van der Waals surface area contributed by atoms with E-state index in [1.54, 1.807) is 18.2 Å². The van der Waals surface area contributed by atoms with Crippen LogP contribution in [-0.2, 0) is 12.6 Å². The summed E-state index contributed by atoms with van der Waals surface area (Å²) in [6.45, 7) is 0.276. The molecule has 2 N–H and O–H groups in total. The van der Waals surface area contributed by atoms with Crippen LogP contribution in [0.2, 0.25) is 10.0 Å². The van der Waals surface area contributed by atoms with Crippen molar-refractivity contribution < 1.29 is 13.2 Å². The third-order valence-corrected chi connectivity index (χ3v) is 4.36. The Kier molecular flexibility index (Phi) is 4.46. The standard InChI is InChI=1S/C16H12Cl2F3N3/c17-11-3-1-9(7-12(11)18)15-13(5-6-22)24-8-10(16(19,20)21)2-4-14(24)23-15/h1-4,7-8H,5-6,22H2. The minimum absolute atomic E-state index is 0.276. The Morgan fingerprint density at radius 1 is 1.08 bits per heavy atom. The molecule has 0 spiro atoms. The summed E-state index contributed by atoms with van der Waals surface area (Å²) in [7, 11) is 0. The summed E-state index contributed by atoms with van der Waals surface area (Å²) in [5.41, 5.74) is 7.10. The first-order chi connectivity index (χ1) is 11.3. The second kappa shape index (κ2) is 6.27. The molecule has 0 bridgehead atoms. The summed E-state index contributed by atoms with van der Waals surface area (Å²) < 4.78 is 40.3. The number of nitrogens with two attached hydrogens (primary N) is 1. The van der Waals surface area contributed by atoms with Crippen molar-refractivity contribution >= 4 is 28.8 Å². The molecule has 0 radical (unpaired) electrons. The molecule has 0 aliphatic heterocycles. The number of alkyl halides is 3. The lowest BCUT2D eigenvalue weighted by atomic mass is 10.1. The van der Waals surface area contributed by atoms with Gasteiger partial charge in [-0.2, -0.15) is 13.2 Å². The summed E-state index contributed by atoms with van der Waals surface area (Å²) in [5, 5.41) is 0.741. The molecule has 0 atom stereocenters. The molecule has 0 saturated carbocycles. The highest BCUT2D eigenvalue weighted by atomic mass is 35.5. The number of halogens is 5. The van der Waals surface area contributed by atoms with Crippen LogP contribution in [-0.4, -0.2) is 15.9 Å². The summed E-state index contributed by atoms with van der Waals surface area (Å²) in [6, 6.07) is 7.32. The van der Waals surface area contributed by atoms with E-state index in [4.69, 9.17) is 28.9 Å². The lowest BCUT2D eigenvalue weighted by Gasteiger charge is -2.09. The van der Waals surface area contributed by atoms with Gasteiger partial charge in [-0.1, -0.05) is 29.3 Å². The molecule has 3 rings (SSSR count). The van der Waals surface area contributed by atoms with Gasteiger partial charge >= 0.3 is 6.18 Å². The maximum absolute atomic E-state index is 13.0. The van der Waals surface area contributed by atoms with E-state index in [1.165, 1.54) is 10.5 Å². The molecule has 8 heteroatoms. The summed E-state index contributed by atoms with van der Waals surface area (Å²) in [6.07, 6.45) is -3.02. The number of aromatic nitrogens is 2. The second-order valence-electron chi connectivity index (χ2n) is 5.22. The molecule has 0 aliphatic rings. The highest BCUT2D eigenvalue weighted by Crippen LogP contribution is 2.33. The number of hydrogen-bond donors (Lipinski definition) is 1. The topological polar surface area (TPSA) is 43.3 Å². The second-order valence-corrected chi connectivity index (χ2v) is 6.03. The highest BCUT2D eigenvalue weighted by Gasteiger charge is 2.31. The van der Waals surface area contributed by atoms with Crippen molar-refractivity contribution in [3.63, 3.8) is 0 Å². The predicted molar refractivity (Wildman–Crippen MR) is 88.4 cm³/mol. The first-order valence-corrected chi connectivity index (χ1v) is 7.80. The fourth-order valence-electron chi connectivity index (χ4n) is 2.51. The van der Waals surface area contributed by atoms with Crippen molar-refractivity contribution in [3.05, 3.63) is 57.8 Å². The molecule has 0 aliphatic carbocycles. The smallest absolute Gasteiger partial charge is 0.330 e. The van der Waals surface area contributed by atoms with Crippen LogP contribution in [0.1, 0.15) is 11.3 Å². The van der Waals surface area contributed by atoms with Gasteiger partial charge in [0.1, 0.15) is 5.65 Å². The van der Waals surface area contributed by atoms with E-state index in [0.29, 0.717) is 39.1 Å². The van der Waals surface area contributed by atoms with E-state index in [9.17, 15) is 13.2 Å². The van der Waals surface area contributed by atoms with Gasteiger partial charge in [-0.25, -0.2) is 4.98 Å². The Morgan fingerprint density at radius 2 is 1.83 bits per heavy atom. The number of rotatable bonds is 3. The molecular weight excluding hydrogens is 362 g/mol. The van der Waals surface area contributed by atoms with Gasteiger partial charge in [-0.05, 0) is 30.8 Å². The number of imidazole rings is 1. The van der Waals surface area contributed by atoms with Crippen molar-refractivity contribution in [2.75, 3.05) is 6.54 Å². The van der Waals surface area contributed by atoms with Crippen LogP contribution in [0.5, 0.6) is 0 Å². The van der Waals surface area contributed by atoms with Crippen LogP contribution in [0.25, 0.3) is 16.9 Å². The molecule has 126 valence electrons. The van der Waals surface area contributed by atoms with E-state index in [2.05, 4.69) is 4.98 Å². The fraction of sp³-hybridized carbons (Fsp3) is 0.188. The minimum Gasteiger partial charge on any atom is -0.330 e. The van der Waals surface area contributed by atoms with Gasteiger partial charge in [-0.3, -0.25) is 0 Å². The van der Waals surface area contributed by atoms with Crippen LogP contribution in [0.3, 0.4) is 0 Å². The normalized spacial score (nSPS) is 12.1. The lowest BCUT2D eigenvalue weighted by molar-refractivity contribution is -0.137. The van der Waals surface area contributed by atoms with Crippen LogP contribution in [0, 0.1) is 0 Å². The van der Waals surface area contributed by atoms with Gasteiger partial charge in [0, 0.05) is 18.2 Å². The van der Waals surface area contributed by atoms with Crippen LogP contribution >= 0.6 is 23.2 Å². The van der Waals surface area contributed by atoms with E-state index in [1.807, 2.05) is 0 Å². The summed E-state index contributed by atoms with van der Waals surface area (Å²) >= 11 is 12.0. The quantitative estimate of drug-likeness (QED) is 0.714. The molecule has 2 aromatic heterocycles. The molecule has 3 aromatic rings. The van der Waals surface area contributed by atoms with Crippen molar-refractivity contribution in [1.29, 1.82) is 0 Å². The average molecular weight is 374 g/mol. The molecule has 0 fully saturated rings. The maximum Gasteiger partial charge on any atom is 0.417 e. The van der Waals surface area contributed by atoms with Gasteiger partial charge in [0.25, 0.3) is 0 Å². The molecule has 3 nitrogen and oxygen atoms in total. The van der Waals surface area contributed by atoms with Crippen molar-refractivity contribution in [3.8, 4) is 11.3 Å². The molecule has 24 heavy (non-hydrogen) atoms. The van der Waals surface area contributed by atoms with Crippen molar-refractivity contribution in [2.24, 2.45) is 5.73 Å². The zero-order valence-electron chi connectivity index (χ0n) is 12.2. The SMILES string of the molecule is NCCc1c(-c2ccc(Cl)c(Cl)c2)nc2ccc(C(F)(F)F)cn12. The van der Waals surface area contributed by atoms with E-state index in [0.717, 1.165) is 12.3 Å². The van der Waals surface area contributed by atoms with Gasteiger partial charge in [-0.15, -0.1) is 0 Å². The lowest BCUT2D eigenvalue weighted by Crippen LogP contribution is -2.09. The Labute approximate surface area is 145 Å². The maximum atomic E-state index is 13.0. The molecular formula is C16H12Cl2F3N3. The molecule has 0 saturated heterocycles. The van der Waals surface area contributed by atoms with E-state index >= 15 is 0 Å². The summed E-state index contributed by atoms with van der Waals surface area (Å²) in [4.78, 5) is 4.43. The Morgan fingerprint density at radius 3 is 2.46 bits per heavy atom. The first kappa shape index (κ1) is 17.1. The Hall–Kier alpha value is -1.76. The van der Waals surface area contributed by atoms with Crippen molar-refractivity contribution in [1.82, 2.24) is 9.38 Å². The fourth-order valence-corrected chi connectivity index (χ4v) is 2.81. The average Bonchev–Trinajstić information content (AvgIpc) is 2.88. The van der Waals surface area contributed by atoms with Gasteiger partial charge in [0.05, 0.1) is 27.0 Å². The van der Waals surface area contributed by atoms with Gasteiger partial charge in [0.2, 0.25) is 0 Å². The number of pyridine rings is 1. The van der Waals surface area contributed by atoms with Crippen LogP contribution < -0.4 is 5.73 Å². The Bertz CT molecular complexity index is 903.